The molecule has 0 aromatic heterocycles. The van der Waals surface area contributed by atoms with Crippen LogP contribution in [0.15, 0.2) is 12.1 Å². The number of benzene rings is 1. The van der Waals surface area contributed by atoms with E-state index in [4.69, 9.17) is 0 Å². The first-order valence-electron chi connectivity index (χ1n) is 4.99. The van der Waals surface area contributed by atoms with Gasteiger partial charge in [-0.05, 0) is 48.9 Å². The number of hydrogen-bond donors (Lipinski definition) is 2. The summed E-state index contributed by atoms with van der Waals surface area (Å²) in [5.41, 5.74) is 1.86. The van der Waals surface area contributed by atoms with Crippen molar-refractivity contribution >= 4 is 34.0 Å². The average molecular weight is 320 g/mol. The van der Waals surface area contributed by atoms with Crippen molar-refractivity contribution in [2.24, 2.45) is 0 Å². The van der Waals surface area contributed by atoms with Crippen LogP contribution in [0.2, 0.25) is 0 Å². The lowest BCUT2D eigenvalue weighted by Gasteiger charge is -2.25. The Kier molecular flexibility index (Phi) is 2.79. The van der Waals surface area contributed by atoms with Gasteiger partial charge in [0.05, 0.1) is 14.9 Å². The van der Waals surface area contributed by atoms with Crippen LogP contribution in [-0.4, -0.2) is 12.1 Å². The summed E-state index contributed by atoms with van der Waals surface area (Å²) in [7, 11) is 0. The van der Waals surface area contributed by atoms with E-state index >= 15 is 0 Å². The lowest BCUT2D eigenvalue weighted by molar-refractivity contribution is 0.540. The molecule has 2 nitrogen and oxygen atoms in total. The second-order valence-corrected chi connectivity index (χ2v) is 5.66. The monoisotopic (exact) mass is 320 g/mol. The van der Waals surface area contributed by atoms with Crippen LogP contribution in [0, 0.1) is 9.39 Å². The largest absolute Gasteiger partial charge is 0.383 e. The van der Waals surface area contributed by atoms with Crippen molar-refractivity contribution in [1.29, 1.82) is 0 Å². The van der Waals surface area contributed by atoms with E-state index in [0.29, 0.717) is 3.57 Å². The Balaban J connectivity index is 2.43. The van der Waals surface area contributed by atoms with Crippen LogP contribution in [0.3, 0.4) is 0 Å². The number of rotatable bonds is 0. The predicted octanol–water partition coefficient (Wildman–Crippen LogP) is 3.44. The van der Waals surface area contributed by atoms with E-state index in [1.165, 1.54) is 0 Å². The summed E-state index contributed by atoms with van der Waals surface area (Å²) in [4.78, 5) is 0. The molecule has 0 spiro atoms. The van der Waals surface area contributed by atoms with Gasteiger partial charge in [0.15, 0.2) is 0 Å². The van der Waals surface area contributed by atoms with Gasteiger partial charge in [-0.1, -0.05) is 0 Å². The molecule has 0 aliphatic carbocycles. The highest BCUT2D eigenvalue weighted by atomic mass is 127. The van der Waals surface area contributed by atoms with E-state index in [-0.39, 0.29) is 11.4 Å². The van der Waals surface area contributed by atoms with E-state index in [1.807, 2.05) is 28.7 Å². The van der Waals surface area contributed by atoms with Crippen molar-refractivity contribution < 1.29 is 4.39 Å². The van der Waals surface area contributed by atoms with Crippen LogP contribution < -0.4 is 10.6 Å². The molecule has 0 atom stereocenters. The van der Waals surface area contributed by atoms with Gasteiger partial charge in [0.2, 0.25) is 0 Å². The molecular weight excluding hydrogens is 306 g/mol. The second kappa shape index (κ2) is 3.81. The zero-order valence-corrected chi connectivity index (χ0v) is 11.0. The molecule has 1 aromatic carbocycles. The SMILES string of the molecule is CC1(C)CCNc2cc(I)c(F)cc2N1. The van der Waals surface area contributed by atoms with Crippen LogP contribution in [-0.2, 0) is 0 Å². The highest BCUT2D eigenvalue weighted by Crippen LogP contribution is 2.32. The lowest BCUT2D eigenvalue weighted by Crippen LogP contribution is -2.30. The van der Waals surface area contributed by atoms with Crippen molar-refractivity contribution in [2.75, 3.05) is 17.2 Å². The summed E-state index contributed by atoms with van der Waals surface area (Å²) >= 11 is 2.01. The molecule has 15 heavy (non-hydrogen) atoms. The fraction of sp³-hybridized carbons (Fsp3) is 0.455. The molecule has 1 aromatic rings. The van der Waals surface area contributed by atoms with Crippen molar-refractivity contribution in [1.82, 2.24) is 0 Å². The third kappa shape index (κ3) is 2.35. The normalized spacial score (nSPS) is 18.4. The van der Waals surface area contributed by atoms with Gasteiger partial charge < -0.3 is 10.6 Å². The van der Waals surface area contributed by atoms with Gasteiger partial charge >= 0.3 is 0 Å². The van der Waals surface area contributed by atoms with Gasteiger partial charge in [-0.2, -0.15) is 0 Å². The highest BCUT2D eigenvalue weighted by Gasteiger charge is 2.22. The van der Waals surface area contributed by atoms with Gasteiger partial charge in [0, 0.05) is 18.2 Å². The first-order chi connectivity index (χ1) is 6.98. The van der Waals surface area contributed by atoms with Crippen LogP contribution >= 0.6 is 22.6 Å². The van der Waals surface area contributed by atoms with Crippen molar-refractivity contribution in [2.45, 2.75) is 25.8 Å². The maximum Gasteiger partial charge on any atom is 0.138 e. The number of hydrogen-bond acceptors (Lipinski definition) is 2. The molecule has 0 amide bonds. The summed E-state index contributed by atoms with van der Waals surface area (Å²) in [6, 6.07) is 3.41. The van der Waals surface area contributed by atoms with Crippen LogP contribution in [0.1, 0.15) is 20.3 Å². The van der Waals surface area contributed by atoms with Gasteiger partial charge in [-0.25, -0.2) is 4.39 Å². The Hall–Kier alpha value is -0.520. The first kappa shape index (κ1) is 11.0. The van der Waals surface area contributed by atoms with Crippen molar-refractivity contribution in [3.63, 3.8) is 0 Å². The zero-order chi connectivity index (χ0) is 11.1. The van der Waals surface area contributed by atoms with Crippen LogP contribution in [0.4, 0.5) is 15.8 Å². The molecule has 4 heteroatoms. The van der Waals surface area contributed by atoms with Crippen LogP contribution in [0.25, 0.3) is 0 Å². The molecule has 0 radical (unpaired) electrons. The molecule has 0 unspecified atom stereocenters. The second-order valence-electron chi connectivity index (χ2n) is 4.50. The van der Waals surface area contributed by atoms with Gasteiger partial charge in [0.25, 0.3) is 0 Å². The molecule has 2 N–H and O–H groups in total. The highest BCUT2D eigenvalue weighted by molar-refractivity contribution is 14.1. The Morgan fingerprint density at radius 1 is 1.33 bits per heavy atom. The standard InChI is InChI=1S/C11H14FIN2/c1-11(2)3-4-14-9-6-8(13)7(12)5-10(9)15-11/h5-6,14-15H,3-4H2,1-2H3. The molecular formula is C11H14FIN2. The van der Waals surface area contributed by atoms with E-state index < -0.39 is 0 Å². The molecule has 0 saturated heterocycles. The van der Waals surface area contributed by atoms with E-state index in [1.54, 1.807) is 6.07 Å². The fourth-order valence-electron chi connectivity index (χ4n) is 1.73. The van der Waals surface area contributed by atoms with Gasteiger partial charge in [-0.3, -0.25) is 0 Å². The summed E-state index contributed by atoms with van der Waals surface area (Å²) in [5, 5.41) is 6.68. The number of anilines is 2. The molecule has 1 aliphatic rings. The quantitative estimate of drug-likeness (QED) is 0.716. The zero-order valence-electron chi connectivity index (χ0n) is 8.82. The molecule has 1 aliphatic heterocycles. The summed E-state index contributed by atoms with van der Waals surface area (Å²) in [5.74, 6) is -0.165. The topological polar surface area (TPSA) is 24.1 Å². The summed E-state index contributed by atoms with van der Waals surface area (Å²) < 4.78 is 14.1. The Bertz CT molecular complexity index is 390. The smallest absolute Gasteiger partial charge is 0.138 e. The number of nitrogens with one attached hydrogen (secondary N) is 2. The molecule has 0 bridgehead atoms. The average Bonchev–Trinajstić information content (AvgIpc) is 2.24. The molecule has 1 heterocycles. The number of halogens is 2. The third-order valence-electron chi connectivity index (χ3n) is 2.60. The maximum absolute atomic E-state index is 13.4. The van der Waals surface area contributed by atoms with E-state index in [2.05, 4.69) is 24.5 Å². The summed E-state index contributed by atoms with van der Waals surface area (Å²) in [6.45, 7) is 5.16. The van der Waals surface area contributed by atoms with E-state index in [9.17, 15) is 4.39 Å². The van der Waals surface area contributed by atoms with Crippen molar-refractivity contribution in [3.05, 3.63) is 21.5 Å². The van der Waals surface area contributed by atoms with Crippen molar-refractivity contribution in [3.8, 4) is 0 Å². The minimum Gasteiger partial charge on any atom is -0.383 e. The Morgan fingerprint density at radius 2 is 2.07 bits per heavy atom. The molecule has 0 saturated carbocycles. The fourth-order valence-corrected chi connectivity index (χ4v) is 2.20. The number of fused-ring (bicyclic) bond motifs is 1. The first-order valence-corrected chi connectivity index (χ1v) is 6.07. The summed E-state index contributed by atoms with van der Waals surface area (Å²) in [6.07, 6.45) is 1.01. The van der Waals surface area contributed by atoms with Gasteiger partial charge in [0.1, 0.15) is 5.82 Å². The minimum atomic E-state index is -0.165. The Morgan fingerprint density at radius 3 is 2.80 bits per heavy atom. The van der Waals surface area contributed by atoms with Gasteiger partial charge in [-0.15, -0.1) is 0 Å². The van der Waals surface area contributed by atoms with E-state index in [0.717, 1.165) is 24.3 Å². The predicted molar refractivity (Wildman–Crippen MR) is 69.9 cm³/mol. The molecule has 82 valence electrons. The third-order valence-corrected chi connectivity index (χ3v) is 3.43. The maximum atomic E-state index is 13.4. The minimum absolute atomic E-state index is 0.0114. The van der Waals surface area contributed by atoms with Crippen LogP contribution in [0.5, 0.6) is 0 Å². The molecule has 0 fully saturated rings. The lowest BCUT2D eigenvalue weighted by atomic mass is 10.0. The Labute approximate surface area is 103 Å². The molecule has 2 rings (SSSR count).